The van der Waals surface area contributed by atoms with Crippen LogP contribution in [0.15, 0.2) is 37.4 Å². The van der Waals surface area contributed by atoms with Crippen LogP contribution in [0.5, 0.6) is 0 Å². The van der Waals surface area contributed by atoms with E-state index < -0.39 is 0 Å². The number of nitrogens with zero attached hydrogens (tertiary/aromatic N) is 4. The number of nitrogens with one attached hydrogen (secondary N) is 1. The van der Waals surface area contributed by atoms with Crippen LogP contribution in [0.3, 0.4) is 0 Å². The Morgan fingerprint density at radius 1 is 1.11 bits per heavy atom. The van der Waals surface area contributed by atoms with Gasteiger partial charge in [0.1, 0.15) is 6.17 Å². The number of aromatic nitrogens is 4. The molecule has 0 spiro atoms. The van der Waals surface area contributed by atoms with Crippen LogP contribution in [0.4, 0.5) is 0 Å². The van der Waals surface area contributed by atoms with E-state index in [9.17, 15) is 0 Å². The van der Waals surface area contributed by atoms with Gasteiger partial charge < -0.3 is 19.2 Å². The minimum absolute atomic E-state index is 0.213. The molecule has 2 heterocycles. The number of hydrogen-bond donors (Lipinski definition) is 1. The van der Waals surface area contributed by atoms with Crippen LogP contribution in [-0.4, -0.2) is 45.4 Å². The molecular formula is C13H21N5O. The molecule has 0 saturated carbocycles. The third-order valence-electron chi connectivity index (χ3n) is 2.94. The van der Waals surface area contributed by atoms with E-state index in [1.54, 1.807) is 12.4 Å². The van der Waals surface area contributed by atoms with Crippen molar-refractivity contribution in [1.82, 2.24) is 24.4 Å². The molecule has 0 unspecified atom stereocenters. The summed E-state index contributed by atoms with van der Waals surface area (Å²) in [5, 5.41) is 3.38. The van der Waals surface area contributed by atoms with Crippen LogP contribution in [0.1, 0.15) is 19.5 Å². The van der Waals surface area contributed by atoms with Crippen molar-refractivity contribution < 1.29 is 4.74 Å². The molecule has 0 aliphatic heterocycles. The molecule has 104 valence electrons. The lowest BCUT2D eigenvalue weighted by atomic mass is 10.3. The first-order valence-corrected chi connectivity index (χ1v) is 6.65. The lowest BCUT2D eigenvalue weighted by molar-refractivity contribution is 0.149. The SMILES string of the molecule is CCOCCNCCC(n1ccnc1)n1ccnc1. The molecule has 0 fully saturated rings. The summed E-state index contributed by atoms with van der Waals surface area (Å²) in [6.07, 6.45) is 12.4. The third kappa shape index (κ3) is 4.18. The van der Waals surface area contributed by atoms with Crippen molar-refractivity contribution in [3.8, 4) is 0 Å². The molecular weight excluding hydrogens is 242 g/mol. The van der Waals surface area contributed by atoms with E-state index in [2.05, 4.69) is 24.4 Å². The van der Waals surface area contributed by atoms with E-state index in [1.165, 1.54) is 0 Å². The fourth-order valence-corrected chi connectivity index (χ4v) is 1.99. The second kappa shape index (κ2) is 7.70. The maximum absolute atomic E-state index is 5.29. The summed E-state index contributed by atoms with van der Waals surface area (Å²) in [6.45, 7) is 5.35. The van der Waals surface area contributed by atoms with Gasteiger partial charge in [-0.3, -0.25) is 0 Å². The smallest absolute Gasteiger partial charge is 0.113 e. The number of ether oxygens (including phenoxy) is 1. The first-order valence-electron chi connectivity index (χ1n) is 6.65. The predicted molar refractivity (Wildman–Crippen MR) is 72.9 cm³/mol. The van der Waals surface area contributed by atoms with Crippen molar-refractivity contribution in [2.45, 2.75) is 19.5 Å². The zero-order chi connectivity index (χ0) is 13.3. The molecule has 2 aromatic heterocycles. The Bertz CT molecular complexity index is 392. The van der Waals surface area contributed by atoms with Crippen molar-refractivity contribution in [3.63, 3.8) is 0 Å². The van der Waals surface area contributed by atoms with Crippen molar-refractivity contribution >= 4 is 0 Å². The second-order valence-corrected chi connectivity index (χ2v) is 4.24. The van der Waals surface area contributed by atoms with Crippen LogP contribution in [0.2, 0.25) is 0 Å². The lowest BCUT2D eigenvalue weighted by Crippen LogP contribution is -2.25. The minimum atomic E-state index is 0.213. The largest absolute Gasteiger partial charge is 0.380 e. The van der Waals surface area contributed by atoms with Crippen LogP contribution < -0.4 is 5.32 Å². The molecule has 6 heteroatoms. The van der Waals surface area contributed by atoms with Crippen molar-refractivity contribution in [2.75, 3.05) is 26.3 Å². The van der Waals surface area contributed by atoms with Crippen LogP contribution in [0, 0.1) is 0 Å². The Morgan fingerprint density at radius 2 is 1.79 bits per heavy atom. The van der Waals surface area contributed by atoms with Gasteiger partial charge in [0.05, 0.1) is 19.3 Å². The highest BCUT2D eigenvalue weighted by molar-refractivity contribution is 4.86. The molecule has 0 aromatic carbocycles. The Balaban J connectivity index is 1.82. The molecule has 0 atom stereocenters. The standard InChI is InChI=1S/C13H21N5O/c1-2-19-10-7-14-4-3-13(17-8-5-15-11-17)18-9-6-16-12-18/h5-6,8-9,11-14H,2-4,7,10H2,1H3. The quantitative estimate of drug-likeness (QED) is 0.689. The highest BCUT2D eigenvalue weighted by Crippen LogP contribution is 2.13. The monoisotopic (exact) mass is 263 g/mol. The molecule has 0 saturated heterocycles. The topological polar surface area (TPSA) is 56.9 Å². The fourth-order valence-electron chi connectivity index (χ4n) is 1.99. The van der Waals surface area contributed by atoms with Crippen LogP contribution >= 0.6 is 0 Å². The number of rotatable bonds is 9. The molecule has 0 radical (unpaired) electrons. The molecule has 2 aromatic rings. The maximum atomic E-state index is 5.29. The Morgan fingerprint density at radius 3 is 2.32 bits per heavy atom. The van der Waals surface area contributed by atoms with Gasteiger partial charge in [0, 0.05) is 37.9 Å². The molecule has 19 heavy (non-hydrogen) atoms. The fraction of sp³-hybridized carbons (Fsp3) is 0.538. The second-order valence-electron chi connectivity index (χ2n) is 4.24. The summed E-state index contributed by atoms with van der Waals surface area (Å²) in [5.41, 5.74) is 0. The highest BCUT2D eigenvalue weighted by Gasteiger charge is 2.11. The van der Waals surface area contributed by atoms with E-state index >= 15 is 0 Å². The molecule has 0 amide bonds. The van der Waals surface area contributed by atoms with Gasteiger partial charge in [0.2, 0.25) is 0 Å². The molecule has 6 nitrogen and oxygen atoms in total. The van der Waals surface area contributed by atoms with Crippen LogP contribution in [0.25, 0.3) is 0 Å². The Kier molecular flexibility index (Phi) is 5.58. The van der Waals surface area contributed by atoms with Crippen molar-refractivity contribution in [1.29, 1.82) is 0 Å². The number of hydrogen-bond acceptors (Lipinski definition) is 4. The summed E-state index contributed by atoms with van der Waals surface area (Å²) in [6, 6.07) is 0. The van der Waals surface area contributed by atoms with Crippen molar-refractivity contribution in [2.24, 2.45) is 0 Å². The minimum Gasteiger partial charge on any atom is -0.380 e. The number of imidazole rings is 2. The normalized spacial score (nSPS) is 11.3. The van der Waals surface area contributed by atoms with Crippen molar-refractivity contribution in [3.05, 3.63) is 37.4 Å². The Hall–Kier alpha value is -1.66. The summed E-state index contributed by atoms with van der Waals surface area (Å²) >= 11 is 0. The molecule has 1 N–H and O–H groups in total. The van der Waals surface area contributed by atoms with Gasteiger partial charge in [-0.25, -0.2) is 9.97 Å². The lowest BCUT2D eigenvalue weighted by Gasteiger charge is -2.20. The van der Waals surface area contributed by atoms with Gasteiger partial charge in [-0.15, -0.1) is 0 Å². The molecule has 0 bridgehead atoms. The van der Waals surface area contributed by atoms with E-state index in [0.29, 0.717) is 0 Å². The summed E-state index contributed by atoms with van der Waals surface area (Å²) in [7, 11) is 0. The highest BCUT2D eigenvalue weighted by atomic mass is 16.5. The average Bonchev–Trinajstić information content (AvgIpc) is 3.11. The Labute approximate surface area is 113 Å². The first kappa shape index (κ1) is 13.8. The third-order valence-corrected chi connectivity index (χ3v) is 2.94. The predicted octanol–water partition coefficient (Wildman–Crippen LogP) is 1.14. The first-order chi connectivity index (χ1) is 9.42. The van der Waals surface area contributed by atoms with Gasteiger partial charge in [0.25, 0.3) is 0 Å². The van der Waals surface area contributed by atoms with Gasteiger partial charge >= 0.3 is 0 Å². The molecule has 0 aliphatic rings. The summed E-state index contributed by atoms with van der Waals surface area (Å²) in [4.78, 5) is 8.22. The zero-order valence-electron chi connectivity index (χ0n) is 11.3. The maximum Gasteiger partial charge on any atom is 0.113 e. The van der Waals surface area contributed by atoms with E-state index in [4.69, 9.17) is 4.74 Å². The summed E-state index contributed by atoms with van der Waals surface area (Å²) < 4.78 is 9.47. The van der Waals surface area contributed by atoms with Gasteiger partial charge in [-0.1, -0.05) is 0 Å². The van der Waals surface area contributed by atoms with Gasteiger partial charge in [-0.2, -0.15) is 0 Å². The molecule has 2 rings (SSSR count). The van der Waals surface area contributed by atoms with Crippen LogP contribution in [-0.2, 0) is 4.74 Å². The molecule has 0 aliphatic carbocycles. The summed E-state index contributed by atoms with van der Waals surface area (Å²) in [5.74, 6) is 0. The van der Waals surface area contributed by atoms with E-state index in [-0.39, 0.29) is 6.17 Å². The van der Waals surface area contributed by atoms with E-state index in [0.717, 1.165) is 32.7 Å². The van der Waals surface area contributed by atoms with Gasteiger partial charge in [-0.05, 0) is 19.9 Å². The zero-order valence-corrected chi connectivity index (χ0v) is 11.3. The van der Waals surface area contributed by atoms with E-state index in [1.807, 2.05) is 32.0 Å². The average molecular weight is 263 g/mol. The van der Waals surface area contributed by atoms with Gasteiger partial charge in [0.15, 0.2) is 0 Å².